The highest BCUT2D eigenvalue weighted by Crippen LogP contribution is 2.12. The van der Waals surface area contributed by atoms with Gasteiger partial charge >= 0.3 is 0 Å². The van der Waals surface area contributed by atoms with E-state index in [0.717, 1.165) is 11.1 Å². The van der Waals surface area contributed by atoms with E-state index in [1.807, 2.05) is 0 Å². The highest BCUT2D eigenvalue weighted by atomic mass is 28.3. The fraction of sp³-hybridized carbons (Fsp3) is 0.375. The molecule has 0 radical (unpaired) electrons. The molecule has 1 rings (SSSR count). The molecule has 0 fully saturated rings. The third kappa shape index (κ3) is 2.96. The van der Waals surface area contributed by atoms with Gasteiger partial charge < -0.3 is 0 Å². The summed E-state index contributed by atoms with van der Waals surface area (Å²) in [6, 6.07) is 4.35. The molecule has 0 saturated heterocycles. The van der Waals surface area contributed by atoms with Crippen LogP contribution in [0.1, 0.15) is 11.1 Å². The Labute approximate surface area is 114 Å². The fourth-order valence-electron chi connectivity index (χ4n) is 2.08. The Morgan fingerprint density at radius 1 is 0.722 bits per heavy atom. The summed E-state index contributed by atoms with van der Waals surface area (Å²) in [6.07, 6.45) is 11.4. The van der Waals surface area contributed by atoms with E-state index in [1.54, 1.807) is 0 Å². The zero-order chi connectivity index (χ0) is 14.1. The van der Waals surface area contributed by atoms with Gasteiger partial charge in [-0.15, -0.1) is 12.8 Å². The maximum Gasteiger partial charge on any atom is 0.0792 e. The highest BCUT2D eigenvalue weighted by Gasteiger charge is 2.25. The van der Waals surface area contributed by atoms with Gasteiger partial charge in [0.2, 0.25) is 0 Å². The van der Waals surface area contributed by atoms with Crippen LogP contribution >= 0.6 is 0 Å². The maximum atomic E-state index is 5.69. The molecular weight excluding hydrogens is 248 g/mol. The standard InChI is InChI=1S/C16H22Si2/c1-9-13-11-16(18(6,7)8)14(10-2)12-15(13)17(3,4)5/h1-2,11-12H,3-8H3. The minimum atomic E-state index is -1.45. The van der Waals surface area contributed by atoms with Gasteiger partial charge in [-0.1, -0.05) is 51.1 Å². The van der Waals surface area contributed by atoms with Crippen molar-refractivity contribution in [1.82, 2.24) is 0 Å². The van der Waals surface area contributed by atoms with E-state index >= 15 is 0 Å². The Balaban J connectivity index is 3.66. The Morgan fingerprint density at radius 2 is 1.00 bits per heavy atom. The molecule has 1 aromatic rings. The van der Waals surface area contributed by atoms with E-state index in [9.17, 15) is 0 Å². The summed E-state index contributed by atoms with van der Waals surface area (Å²) in [6.45, 7) is 13.8. The summed E-state index contributed by atoms with van der Waals surface area (Å²) < 4.78 is 0. The topological polar surface area (TPSA) is 0 Å². The molecule has 1 aromatic carbocycles. The molecule has 0 nitrogen and oxygen atoms in total. The van der Waals surface area contributed by atoms with Crippen molar-refractivity contribution < 1.29 is 0 Å². The van der Waals surface area contributed by atoms with Crippen molar-refractivity contribution in [2.75, 3.05) is 0 Å². The van der Waals surface area contributed by atoms with Gasteiger partial charge in [-0.3, -0.25) is 0 Å². The zero-order valence-electron chi connectivity index (χ0n) is 12.3. The molecular formula is C16H22Si2. The summed E-state index contributed by atoms with van der Waals surface area (Å²) in [5.41, 5.74) is 2.09. The lowest BCUT2D eigenvalue weighted by atomic mass is 10.1. The minimum Gasteiger partial charge on any atom is -0.115 e. The second-order valence-corrected chi connectivity index (χ2v) is 16.8. The number of terminal acetylenes is 2. The van der Waals surface area contributed by atoms with Crippen molar-refractivity contribution in [1.29, 1.82) is 0 Å². The molecule has 18 heavy (non-hydrogen) atoms. The second-order valence-electron chi connectivity index (χ2n) is 6.73. The quantitative estimate of drug-likeness (QED) is 0.573. The van der Waals surface area contributed by atoms with Crippen LogP contribution in [-0.4, -0.2) is 16.1 Å². The molecule has 0 heterocycles. The third-order valence-corrected chi connectivity index (χ3v) is 7.14. The predicted octanol–water partition coefficient (Wildman–Crippen LogP) is 2.74. The van der Waals surface area contributed by atoms with E-state index in [1.165, 1.54) is 10.4 Å². The SMILES string of the molecule is C#Cc1cc([Si](C)(C)C)c(C#C)cc1[Si](C)(C)C. The molecule has 0 aliphatic heterocycles. The summed E-state index contributed by atoms with van der Waals surface area (Å²) in [4.78, 5) is 0. The van der Waals surface area contributed by atoms with Crippen LogP contribution in [0, 0.1) is 24.7 Å². The smallest absolute Gasteiger partial charge is 0.0792 e. The van der Waals surface area contributed by atoms with Gasteiger partial charge in [-0.05, 0) is 22.5 Å². The molecule has 0 atom stereocenters. The van der Waals surface area contributed by atoms with E-state index < -0.39 is 16.1 Å². The average molecular weight is 271 g/mol. The van der Waals surface area contributed by atoms with Gasteiger partial charge in [0.25, 0.3) is 0 Å². The molecule has 0 N–H and O–H groups in total. The van der Waals surface area contributed by atoms with Gasteiger partial charge in [0.05, 0.1) is 16.1 Å². The number of rotatable bonds is 2. The van der Waals surface area contributed by atoms with E-state index in [0.29, 0.717) is 0 Å². The van der Waals surface area contributed by atoms with Gasteiger partial charge in [-0.2, -0.15) is 0 Å². The summed E-state index contributed by atoms with van der Waals surface area (Å²) >= 11 is 0. The third-order valence-electron chi connectivity index (χ3n) is 3.08. The van der Waals surface area contributed by atoms with Crippen molar-refractivity contribution in [2.24, 2.45) is 0 Å². The molecule has 0 amide bonds. The van der Waals surface area contributed by atoms with Crippen molar-refractivity contribution >= 4 is 26.5 Å². The first-order chi connectivity index (χ1) is 8.11. The summed E-state index contributed by atoms with van der Waals surface area (Å²) in [5, 5.41) is 2.61. The minimum absolute atomic E-state index is 1.05. The van der Waals surface area contributed by atoms with E-state index in [4.69, 9.17) is 12.8 Å². The molecule has 0 bridgehead atoms. The molecule has 2 heteroatoms. The lowest BCUT2D eigenvalue weighted by Crippen LogP contribution is -2.45. The first kappa shape index (κ1) is 14.8. The molecule has 0 spiro atoms. The Bertz CT molecular complexity index is 489. The lowest BCUT2D eigenvalue weighted by molar-refractivity contribution is 1.60. The van der Waals surface area contributed by atoms with Gasteiger partial charge in [-0.25, -0.2) is 0 Å². The van der Waals surface area contributed by atoms with Crippen LogP contribution in [0.25, 0.3) is 0 Å². The molecule has 0 aromatic heterocycles. The van der Waals surface area contributed by atoms with Crippen LogP contribution in [0.15, 0.2) is 12.1 Å². The van der Waals surface area contributed by atoms with E-state index in [-0.39, 0.29) is 0 Å². The van der Waals surface area contributed by atoms with Crippen molar-refractivity contribution in [3.63, 3.8) is 0 Å². The van der Waals surface area contributed by atoms with Crippen LogP contribution in [0.5, 0.6) is 0 Å². The Morgan fingerprint density at radius 3 is 1.17 bits per heavy atom. The number of benzene rings is 1. The predicted molar refractivity (Wildman–Crippen MR) is 88.3 cm³/mol. The van der Waals surface area contributed by atoms with Crippen LogP contribution in [0.2, 0.25) is 39.3 Å². The molecule has 0 aliphatic rings. The molecule has 0 saturated carbocycles. The van der Waals surface area contributed by atoms with Crippen molar-refractivity contribution in [3.05, 3.63) is 23.3 Å². The van der Waals surface area contributed by atoms with Crippen LogP contribution in [0.4, 0.5) is 0 Å². The Kier molecular flexibility index (Phi) is 3.96. The summed E-state index contributed by atoms with van der Waals surface area (Å²) in [7, 11) is -2.90. The van der Waals surface area contributed by atoms with Gasteiger partial charge in [0.1, 0.15) is 0 Å². The van der Waals surface area contributed by atoms with Crippen LogP contribution in [0.3, 0.4) is 0 Å². The van der Waals surface area contributed by atoms with Crippen molar-refractivity contribution in [2.45, 2.75) is 39.3 Å². The lowest BCUT2D eigenvalue weighted by Gasteiger charge is -2.25. The largest absolute Gasteiger partial charge is 0.115 e. The molecule has 0 unspecified atom stereocenters. The van der Waals surface area contributed by atoms with E-state index in [2.05, 4.69) is 63.3 Å². The first-order valence-corrected chi connectivity index (χ1v) is 13.2. The van der Waals surface area contributed by atoms with Crippen LogP contribution < -0.4 is 10.4 Å². The first-order valence-electron chi connectivity index (χ1n) is 6.23. The maximum absolute atomic E-state index is 5.69. The monoisotopic (exact) mass is 270 g/mol. The van der Waals surface area contributed by atoms with Gasteiger partial charge in [0, 0.05) is 11.1 Å². The fourth-order valence-corrected chi connectivity index (χ4v) is 5.14. The van der Waals surface area contributed by atoms with Crippen LogP contribution in [-0.2, 0) is 0 Å². The number of hydrogen-bond acceptors (Lipinski definition) is 0. The zero-order valence-corrected chi connectivity index (χ0v) is 14.3. The highest BCUT2D eigenvalue weighted by molar-refractivity contribution is 6.90. The average Bonchev–Trinajstić information content (AvgIpc) is 2.24. The van der Waals surface area contributed by atoms with Crippen molar-refractivity contribution in [3.8, 4) is 24.7 Å². The second kappa shape index (κ2) is 4.80. The molecule has 94 valence electrons. The van der Waals surface area contributed by atoms with Gasteiger partial charge in [0.15, 0.2) is 0 Å². The number of hydrogen-bond donors (Lipinski definition) is 0. The normalized spacial score (nSPS) is 11.8. The Hall–Kier alpha value is -1.23. The molecule has 0 aliphatic carbocycles. The summed E-state index contributed by atoms with van der Waals surface area (Å²) in [5.74, 6) is 5.71.